The second-order valence-electron chi connectivity index (χ2n) is 6.30. The lowest BCUT2D eigenvalue weighted by atomic mass is 9.83. The summed E-state index contributed by atoms with van der Waals surface area (Å²) in [7, 11) is 5.03. The van der Waals surface area contributed by atoms with Crippen LogP contribution < -0.4 is 9.47 Å². The lowest BCUT2D eigenvalue weighted by Crippen LogP contribution is -2.41. The molecule has 0 spiro atoms. The standard InChI is InChI=1S/C20H25NO3/c1-20(2,16-11-7-6-8-12-16)19(22)21(3)14-15-10-9-13-17(23-4)18(15)24-5/h6-13H,14H2,1-5H3. The van der Waals surface area contributed by atoms with Crippen LogP contribution in [0.4, 0.5) is 0 Å². The van der Waals surface area contributed by atoms with Gasteiger partial charge in [-0.3, -0.25) is 4.79 Å². The number of benzene rings is 2. The van der Waals surface area contributed by atoms with Crippen molar-refractivity contribution in [3.8, 4) is 11.5 Å². The minimum absolute atomic E-state index is 0.0542. The summed E-state index contributed by atoms with van der Waals surface area (Å²) in [6, 6.07) is 15.5. The third-order valence-electron chi connectivity index (χ3n) is 4.27. The molecule has 0 aliphatic heterocycles. The van der Waals surface area contributed by atoms with Gasteiger partial charge in [0.05, 0.1) is 19.6 Å². The van der Waals surface area contributed by atoms with Crippen LogP contribution >= 0.6 is 0 Å². The van der Waals surface area contributed by atoms with Gasteiger partial charge < -0.3 is 14.4 Å². The van der Waals surface area contributed by atoms with E-state index in [-0.39, 0.29) is 5.91 Å². The van der Waals surface area contributed by atoms with E-state index in [1.165, 1.54) is 0 Å². The van der Waals surface area contributed by atoms with Gasteiger partial charge >= 0.3 is 0 Å². The van der Waals surface area contributed by atoms with Crippen LogP contribution in [0.25, 0.3) is 0 Å². The molecule has 4 heteroatoms. The second-order valence-corrected chi connectivity index (χ2v) is 6.30. The summed E-state index contributed by atoms with van der Waals surface area (Å²) in [4.78, 5) is 14.7. The highest BCUT2D eigenvalue weighted by molar-refractivity contribution is 5.87. The van der Waals surface area contributed by atoms with Crippen molar-refractivity contribution in [1.82, 2.24) is 4.90 Å². The fraction of sp³-hybridized carbons (Fsp3) is 0.350. The molecule has 4 nitrogen and oxygen atoms in total. The van der Waals surface area contributed by atoms with Crippen LogP contribution in [0.15, 0.2) is 48.5 Å². The van der Waals surface area contributed by atoms with Gasteiger partial charge in [0.15, 0.2) is 11.5 Å². The van der Waals surface area contributed by atoms with E-state index in [1.54, 1.807) is 19.1 Å². The average Bonchev–Trinajstić information content (AvgIpc) is 2.61. The molecule has 24 heavy (non-hydrogen) atoms. The molecule has 0 radical (unpaired) electrons. The molecular weight excluding hydrogens is 302 g/mol. The summed E-state index contributed by atoms with van der Waals surface area (Å²) >= 11 is 0. The van der Waals surface area contributed by atoms with Crippen molar-refractivity contribution >= 4 is 5.91 Å². The van der Waals surface area contributed by atoms with Gasteiger partial charge in [-0.2, -0.15) is 0 Å². The maximum atomic E-state index is 13.0. The molecule has 0 saturated carbocycles. The normalized spacial score (nSPS) is 11.0. The molecule has 0 N–H and O–H groups in total. The summed E-state index contributed by atoms with van der Waals surface area (Å²) in [6.07, 6.45) is 0. The van der Waals surface area contributed by atoms with Crippen LogP contribution in [0.1, 0.15) is 25.0 Å². The van der Waals surface area contributed by atoms with Crippen molar-refractivity contribution < 1.29 is 14.3 Å². The molecule has 0 unspecified atom stereocenters. The van der Waals surface area contributed by atoms with Gasteiger partial charge in [-0.1, -0.05) is 42.5 Å². The number of methoxy groups -OCH3 is 2. The molecule has 2 aromatic rings. The van der Waals surface area contributed by atoms with Crippen molar-refractivity contribution in [2.45, 2.75) is 25.8 Å². The van der Waals surface area contributed by atoms with Crippen LogP contribution in [0, 0.1) is 0 Å². The van der Waals surface area contributed by atoms with E-state index in [1.807, 2.05) is 69.4 Å². The van der Waals surface area contributed by atoms with Gasteiger partial charge in [-0.05, 0) is 25.5 Å². The quantitative estimate of drug-likeness (QED) is 0.813. The lowest BCUT2D eigenvalue weighted by molar-refractivity contribution is -0.135. The number of para-hydroxylation sites is 1. The Bertz CT molecular complexity index is 695. The Labute approximate surface area is 144 Å². The van der Waals surface area contributed by atoms with E-state index >= 15 is 0 Å². The highest BCUT2D eigenvalue weighted by atomic mass is 16.5. The zero-order chi connectivity index (χ0) is 17.7. The highest BCUT2D eigenvalue weighted by Crippen LogP contribution is 2.32. The molecule has 0 aromatic heterocycles. The van der Waals surface area contributed by atoms with Crippen LogP contribution in [0.5, 0.6) is 11.5 Å². The zero-order valence-corrected chi connectivity index (χ0v) is 15.0. The summed E-state index contributed by atoms with van der Waals surface area (Å²) in [5.74, 6) is 1.38. The van der Waals surface area contributed by atoms with E-state index in [4.69, 9.17) is 9.47 Å². The number of hydrogen-bond acceptors (Lipinski definition) is 3. The minimum Gasteiger partial charge on any atom is -0.493 e. The Morgan fingerprint density at radius 2 is 1.67 bits per heavy atom. The predicted molar refractivity (Wildman–Crippen MR) is 95.5 cm³/mol. The maximum Gasteiger partial charge on any atom is 0.232 e. The molecule has 0 aliphatic carbocycles. The Balaban J connectivity index is 2.24. The van der Waals surface area contributed by atoms with E-state index in [2.05, 4.69) is 0 Å². The number of carbonyl (C=O) groups excluding carboxylic acids is 1. The molecule has 0 bridgehead atoms. The smallest absolute Gasteiger partial charge is 0.232 e. The predicted octanol–water partition coefficient (Wildman–Crippen LogP) is 3.64. The van der Waals surface area contributed by atoms with Gasteiger partial charge in [0, 0.05) is 19.2 Å². The molecule has 0 atom stereocenters. The Morgan fingerprint density at radius 1 is 1.00 bits per heavy atom. The molecule has 0 heterocycles. The minimum atomic E-state index is -0.595. The first-order chi connectivity index (χ1) is 11.4. The number of rotatable bonds is 6. The van der Waals surface area contributed by atoms with E-state index in [0.717, 1.165) is 11.1 Å². The summed E-state index contributed by atoms with van der Waals surface area (Å²) in [5.41, 5.74) is 1.32. The molecule has 128 valence electrons. The molecule has 2 aromatic carbocycles. The molecular formula is C20H25NO3. The topological polar surface area (TPSA) is 38.8 Å². The first-order valence-corrected chi connectivity index (χ1v) is 7.92. The SMILES string of the molecule is COc1cccc(CN(C)C(=O)C(C)(C)c2ccccc2)c1OC. The number of carbonyl (C=O) groups is 1. The largest absolute Gasteiger partial charge is 0.493 e. The molecule has 2 rings (SSSR count). The second kappa shape index (κ2) is 7.39. The van der Waals surface area contributed by atoms with Crippen LogP contribution in [-0.2, 0) is 16.8 Å². The van der Waals surface area contributed by atoms with Gasteiger partial charge in [-0.25, -0.2) is 0 Å². The van der Waals surface area contributed by atoms with Crippen LogP contribution in [-0.4, -0.2) is 32.1 Å². The highest BCUT2D eigenvalue weighted by Gasteiger charge is 2.32. The van der Waals surface area contributed by atoms with Gasteiger partial charge in [0.25, 0.3) is 0 Å². The number of likely N-dealkylation sites (N-methyl/N-ethyl adjacent to an activating group) is 1. The Morgan fingerprint density at radius 3 is 2.25 bits per heavy atom. The molecule has 0 saturated heterocycles. The van der Waals surface area contributed by atoms with Crippen molar-refractivity contribution in [2.24, 2.45) is 0 Å². The Hall–Kier alpha value is -2.49. The van der Waals surface area contributed by atoms with E-state index in [0.29, 0.717) is 18.0 Å². The summed E-state index contributed by atoms with van der Waals surface area (Å²) < 4.78 is 10.8. The van der Waals surface area contributed by atoms with Gasteiger partial charge in [0.1, 0.15) is 0 Å². The van der Waals surface area contributed by atoms with Gasteiger partial charge in [-0.15, -0.1) is 0 Å². The van der Waals surface area contributed by atoms with Crippen molar-refractivity contribution in [1.29, 1.82) is 0 Å². The third-order valence-corrected chi connectivity index (χ3v) is 4.27. The van der Waals surface area contributed by atoms with Crippen LogP contribution in [0.2, 0.25) is 0 Å². The fourth-order valence-electron chi connectivity index (χ4n) is 2.86. The summed E-state index contributed by atoms with van der Waals surface area (Å²) in [6.45, 7) is 4.35. The van der Waals surface area contributed by atoms with Crippen molar-refractivity contribution in [3.63, 3.8) is 0 Å². The first kappa shape index (κ1) is 17.9. The monoisotopic (exact) mass is 327 g/mol. The number of ether oxygens (including phenoxy) is 2. The van der Waals surface area contributed by atoms with Crippen molar-refractivity contribution in [3.05, 3.63) is 59.7 Å². The van der Waals surface area contributed by atoms with Crippen LogP contribution in [0.3, 0.4) is 0 Å². The summed E-state index contributed by atoms with van der Waals surface area (Å²) in [5, 5.41) is 0. The van der Waals surface area contributed by atoms with E-state index < -0.39 is 5.41 Å². The van der Waals surface area contributed by atoms with Gasteiger partial charge in [0.2, 0.25) is 5.91 Å². The molecule has 1 amide bonds. The van der Waals surface area contributed by atoms with E-state index in [9.17, 15) is 4.79 Å². The number of hydrogen-bond donors (Lipinski definition) is 0. The molecule has 0 fully saturated rings. The number of amides is 1. The first-order valence-electron chi connectivity index (χ1n) is 7.92. The Kier molecular flexibility index (Phi) is 5.50. The van der Waals surface area contributed by atoms with Crippen molar-refractivity contribution in [2.75, 3.05) is 21.3 Å². The maximum absolute atomic E-state index is 13.0. The fourth-order valence-corrected chi connectivity index (χ4v) is 2.86. The molecule has 0 aliphatic rings. The zero-order valence-electron chi connectivity index (χ0n) is 15.0. The third kappa shape index (κ3) is 3.53. The number of nitrogens with zero attached hydrogens (tertiary/aromatic N) is 1. The lowest BCUT2D eigenvalue weighted by Gasteiger charge is -2.30. The average molecular weight is 327 g/mol.